The van der Waals surface area contributed by atoms with E-state index in [0.717, 1.165) is 19.6 Å². The highest BCUT2D eigenvalue weighted by atomic mass is 32.2. The Balaban J connectivity index is 1.79. The zero-order valence-corrected chi connectivity index (χ0v) is 13.2. The number of thioether (sulfide) groups is 1. The van der Waals surface area contributed by atoms with Gasteiger partial charge in [0.25, 0.3) is 0 Å². The fraction of sp³-hybridized carbons (Fsp3) is 0.933. The molecule has 0 aromatic rings. The number of hydrogen-bond donors (Lipinski definition) is 1. The molecule has 0 aromatic carbocycles. The molecule has 0 aromatic heterocycles. The zero-order valence-electron chi connectivity index (χ0n) is 12.4. The monoisotopic (exact) mass is 284 g/mol. The van der Waals surface area contributed by atoms with Crippen LogP contribution in [0.3, 0.4) is 0 Å². The van der Waals surface area contributed by atoms with E-state index in [1.54, 1.807) is 0 Å². The van der Waals surface area contributed by atoms with Crippen molar-refractivity contribution in [3.63, 3.8) is 0 Å². The van der Waals surface area contributed by atoms with Crippen molar-refractivity contribution in [2.24, 2.45) is 0 Å². The molecular weight excluding hydrogens is 256 g/mol. The molecule has 2 fully saturated rings. The minimum atomic E-state index is -0.0253. The summed E-state index contributed by atoms with van der Waals surface area (Å²) in [5, 5.41) is 3.50. The number of amides is 1. The number of rotatable bonds is 5. The molecule has 1 saturated heterocycles. The third-order valence-corrected chi connectivity index (χ3v) is 6.13. The van der Waals surface area contributed by atoms with Crippen molar-refractivity contribution in [2.75, 3.05) is 25.9 Å². The lowest BCUT2D eigenvalue weighted by Gasteiger charge is -2.32. The second-order valence-corrected chi connectivity index (χ2v) is 7.36. The average Bonchev–Trinajstić information content (AvgIpc) is 2.94. The highest BCUT2D eigenvalue weighted by Crippen LogP contribution is 2.39. The van der Waals surface area contributed by atoms with Gasteiger partial charge in [-0.15, -0.1) is 0 Å². The summed E-state index contributed by atoms with van der Waals surface area (Å²) in [4.78, 5) is 14.4. The van der Waals surface area contributed by atoms with Gasteiger partial charge in [0.05, 0.1) is 6.04 Å². The number of nitrogens with zero attached hydrogens (tertiary/aromatic N) is 1. The summed E-state index contributed by atoms with van der Waals surface area (Å²) in [5.74, 6) is 0.300. The standard InChI is InChI=1S/C15H28N2OS/c1-13(14(18)17-10-6-3-7-11-17)16-12-15(19-2)8-4-5-9-15/h13,16H,3-12H2,1-2H3. The van der Waals surface area contributed by atoms with Crippen molar-refractivity contribution in [3.8, 4) is 0 Å². The number of likely N-dealkylation sites (tertiary alicyclic amines) is 1. The van der Waals surface area contributed by atoms with E-state index in [1.807, 2.05) is 23.6 Å². The van der Waals surface area contributed by atoms with Gasteiger partial charge in [0, 0.05) is 24.4 Å². The normalized spacial score (nSPS) is 24.4. The van der Waals surface area contributed by atoms with Crippen LogP contribution in [0.2, 0.25) is 0 Å². The lowest BCUT2D eigenvalue weighted by atomic mass is 10.1. The van der Waals surface area contributed by atoms with Crippen molar-refractivity contribution in [1.29, 1.82) is 0 Å². The molecule has 2 aliphatic rings. The zero-order chi connectivity index (χ0) is 13.7. The van der Waals surface area contributed by atoms with Crippen LogP contribution in [-0.4, -0.2) is 47.5 Å². The Morgan fingerprint density at radius 1 is 1.21 bits per heavy atom. The fourth-order valence-corrected chi connectivity index (χ4v) is 4.21. The molecule has 1 N–H and O–H groups in total. The first-order valence-electron chi connectivity index (χ1n) is 7.74. The van der Waals surface area contributed by atoms with Crippen molar-refractivity contribution >= 4 is 17.7 Å². The van der Waals surface area contributed by atoms with E-state index in [9.17, 15) is 4.79 Å². The minimum Gasteiger partial charge on any atom is -0.341 e. The molecule has 1 aliphatic heterocycles. The first kappa shape index (κ1) is 15.2. The minimum absolute atomic E-state index is 0.0253. The third-order valence-electron chi connectivity index (χ3n) is 4.72. The lowest BCUT2D eigenvalue weighted by molar-refractivity contribution is -0.133. The lowest BCUT2D eigenvalue weighted by Crippen LogP contribution is -2.49. The largest absolute Gasteiger partial charge is 0.341 e. The predicted molar refractivity (Wildman–Crippen MR) is 82.6 cm³/mol. The first-order chi connectivity index (χ1) is 9.17. The smallest absolute Gasteiger partial charge is 0.239 e. The number of piperidine rings is 1. The van der Waals surface area contributed by atoms with Crippen LogP contribution in [0, 0.1) is 0 Å². The van der Waals surface area contributed by atoms with Gasteiger partial charge in [-0.1, -0.05) is 12.8 Å². The number of hydrogen-bond acceptors (Lipinski definition) is 3. The topological polar surface area (TPSA) is 32.3 Å². The van der Waals surface area contributed by atoms with E-state index in [2.05, 4.69) is 11.6 Å². The Hall–Kier alpha value is -0.220. The van der Waals surface area contributed by atoms with Crippen LogP contribution in [0.1, 0.15) is 51.9 Å². The van der Waals surface area contributed by atoms with Gasteiger partial charge >= 0.3 is 0 Å². The van der Waals surface area contributed by atoms with E-state index in [4.69, 9.17) is 0 Å². The number of carbonyl (C=O) groups is 1. The maximum absolute atomic E-state index is 12.4. The molecule has 3 nitrogen and oxygen atoms in total. The van der Waals surface area contributed by atoms with Gasteiger partial charge < -0.3 is 10.2 Å². The van der Waals surface area contributed by atoms with Crippen LogP contribution in [0.4, 0.5) is 0 Å². The van der Waals surface area contributed by atoms with Crippen molar-refractivity contribution in [2.45, 2.75) is 62.7 Å². The Labute approximate surface area is 121 Å². The molecule has 1 unspecified atom stereocenters. The molecule has 0 bridgehead atoms. The maximum Gasteiger partial charge on any atom is 0.239 e. The first-order valence-corrected chi connectivity index (χ1v) is 8.97. The number of nitrogens with one attached hydrogen (secondary N) is 1. The molecule has 110 valence electrons. The molecule has 0 spiro atoms. The third kappa shape index (κ3) is 3.88. The summed E-state index contributed by atoms with van der Waals surface area (Å²) in [5.41, 5.74) is 0. The van der Waals surface area contributed by atoms with E-state index in [-0.39, 0.29) is 6.04 Å². The summed E-state index contributed by atoms with van der Waals surface area (Å²) >= 11 is 1.98. The molecule has 1 heterocycles. The van der Waals surface area contributed by atoms with E-state index in [1.165, 1.54) is 44.9 Å². The maximum atomic E-state index is 12.4. The van der Waals surface area contributed by atoms with Gasteiger partial charge in [-0.2, -0.15) is 11.8 Å². The molecular formula is C15H28N2OS. The summed E-state index contributed by atoms with van der Waals surface area (Å²) in [6.07, 6.45) is 11.1. The van der Waals surface area contributed by atoms with Gasteiger partial charge in [-0.05, 0) is 45.3 Å². The Morgan fingerprint density at radius 3 is 2.42 bits per heavy atom. The van der Waals surface area contributed by atoms with Crippen molar-refractivity contribution in [3.05, 3.63) is 0 Å². The Bertz CT molecular complexity index is 297. The van der Waals surface area contributed by atoms with Crippen LogP contribution in [0.15, 0.2) is 0 Å². The van der Waals surface area contributed by atoms with Gasteiger partial charge in [0.15, 0.2) is 0 Å². The van der Waals surface area contributed by atoms with Crippen molar-refractivity contribution < 1.29 is 4.79 Å². The van der Waals surface area contributed by atoms with Crippen LogP contribution >= 0.6 is 11.8 Å². The molecule has 0 radical (unpaired) electrons. The summed E-state index contributed by atoms with van der Waals surface area (Å²) < 4.78 is 0.385. The van der Waals surface area contributed by atoms with Crippen LogP contribution in [0.5, 0.6) is 0 Å². The van der Waals surface area contributed by atoms with Gasteiger partial charge in [-0.25, -0.2) is 0 Å². The SMILES string of the molecule is CSC1(CNC(C)C(=O)N2CCCCC2)CCCC1. The predicted octanol–water partition coefficient (Wildman–Crippen LogP) is 2.65. The van der Waals surface area contributed by atoms with Gasteiger partial charge in [-0.3, -0.25) is 4.79 Å². The molecule has 19 heavy (non-hydrogen) atoms. The highest BCUT2D eigenvalue weighted by molar-refractivity contribution is 8.00. The van der Waals surface area contributed by atoms with Crippen LogP contribution in [-0.2, 0) is 4.79 Å². The second kappa shape index (κ2) is 6.98. The molecule has 1 aliphatic carbocycles. The average molecular weight is 284 g/mol. The van der Waals surface area contributed by atoms with Crippen molar-refractivity contribution in [1.82, 2.24) is 10.2 Å². The summed E-state index contributed by atoms with van der Waals surface area (Å²) in [6, 6.07) is -0.0253. The van der Waals surface area contributed by atoms with E-state index >= 15 is 0 Å². The molecule has 1 saturated carbocycles. The second-order valence-electron chi connectivity index (χ2n) is 6.08. The summed E-state index contributed by atoms with van der Waals surface area (Å²) in [7, 11) is 0. The van der Waals surface area contributed by atoms with Gasteiger partial charge in [0.2, 0.25) is 5.91 Å². The van der Waals surface area contributed by atoms with Gasteiger partial charge in [0.1, 0.15) is 0 Å². The fourth-order valence-electron chi connectivity index (χ4n) is 3.29. The van der Waals surface area contributed by atoms with E-state index < -0.39 is 0 Å². The molecule has 2 rings (SSSR count). The Kier molecular flexibility index (Phi) is 5.58. The number of carbonyl (C=O) groups excluding carboxylic acids is 1. The van der Waals surface area contributed by atoms with E-state index in [0.29, 0.717) is 10.7 Å². The highest BCUT2D eigenvalue weighted by Gasteiger charge is 2.33. The van der Waals surface area contributed by atoms with Crippen LogP contribution < -0.4 is 5.32 Å². The Morgan fingerprint density at radius 2 is 1.84 bits per heavy atom. The molecule has 4 heteroatoms. The van der Waals surface area contributed by atoms with Crippen LogP contribution in [0.25, 0.3) is 0 Å². The molecule has 1 amide bonds. The quantitative estimate of drug-likeness (QED) is 0.842. The summed E-state index contributed by atoms with van der Waals surface area (Å²) in [6.45, 7) is 4.92. The molecule has 1 atom stereocenters.